The summed E-state index contributed by atoms with van der Waals surface area (Å²) in [4.78, 5) is 17.3. The normalized spacial score (nSPS) is 17.1. The van der Waals surface area contributed by atoms with Gasteiger partial charge in [0.2, 0.25) is 0 Å². The van der Waals surface area contributed by atoms with Crippen molar-refractivity contribution in [3.63, 3.8) is 0 Å². The van der Waals surface area contributed by atoms with Gasteiger partial charge in [-0.15, -0.1) is 0 Å². The number of piperidine rings is 1. The van der Waals surface area contributed by atoms with Gasteiger partial charge in [-0.3, -0.25) is 4.99 Å². The van der Waals surface area contributed by atoms with Gasteiger partial charge in [-0.05, 0) is 38.2 Å². The van der Waals surface area contributed by atoms with Crippen LogP contribution >= 0.6 is 11.8 Å². The molecule has 6 nitrogen and oxygen atoms in total. The number of nitrogens with one attached hydrogen (secondary N) is 2. The van der Waals surface area contributed by atoms with E-state index in [9.17, 15) is 4.79 Å². The van der Waals surface area contributed by atoms with Crippen LogP contribution in [-0.2, 0) is 0 Å². The molecule has 2 amide bonds. The summed E-state index contributed by atoms with van der Waals surface area (Å²) in [6, 6.07) is 0.0463. The van der Waals surface area contributed by atoms with E-state index in [1.54, 1.807) is 4.90 Å². The van der Waals surface area contributed by atoms with Gasteiger partial charge >= 0.3 is 6.03 Å². The van der Waals surface area contributed by atoms with Crippen LogP contribution in [-0.4, -0.2) is 61.1 Å². The number of urea groups is 1. The number of nitrogens with zero attached hydrogens (tertiary/aromatic N) is 2. The van der Waals surface area contributed by atoms with Gasteiger partial charge in [0, 0.05) is 32.2 Å². The molecule has 0 aromatic rings. The number of carbonyl (C=O) groups excluding carboxylic acids is 1. The molecular weight excluding hydrogens is 274 g/mol. The average Bonchev–Trinajstić information content (AvgIpc) is 2.44. The highest BCUT2D eigenvalue weighted by molar-refractivity contribution is 7.98. The standard InChI is InChI=1S/C13H27N5OS/c1-3-15-13(16-7-4-10-20-2)17-11-5-8-18(9-6-11)12(14)19/h11H,3-10H2,1-2H3,(H2,14,19)(H2,15,16,17). The van der Waals surface area contributed by atoms with E-state index in [4.69, 9.17) is 5.73 Å². The van der Waals surface area contributed by atoms with Crippen molar-refractivity contribution < 1.29 is 4.79 Å². The Morgan fingerprint density at radius 1 is 1.45 bits per heavy atom. The van der Waals surface area contributed by atoms with Gasteiger partial charge in [0.05, 0.1) is 0 Å². The van der Waals surface area contributed by atoms with Crippen molar-refractivity contribution in [3.05, 3.63) is 0 Å². The SMILES string of the molecule is CCNC(=NCCCSC)NC1CCN(C(N)=O)CC1. The number of rotatable bonds is 6. The molecule has 1 fully saturated rings. The van der Waals surface area contributed by atoms with Crippen LogP contribution < -0.4 is 16.4 Å². The van der Waals surface area contributed by atoms with Crippen molar-refractivity contribution in [2.45, 2.75) is 32.2 Å². The van der Waals surface area contributed by atoms with Crippen molar-refractivity contribution in [2.24, 2.45) is 10.7 Å². The summed E-state index contributed by atoms with van der Waals surface area (Å²) in [6.45, 7) is 5.21. The molecule has 0 bridgehead atoms. The Hall–Kier alpha value is -1.11. The number of aliphatic imine (C=N–C) groups is 1. The van der Waals surface area contributed by atoms with Crippen LogP contribution in [0.5, 0.6) is 0 Å². The third-order valence-electron chi connectivity index (χ3n) is 3.27. The van der Waals surface area contributed by atoms with E-state index in [1.165, 1.54) is 0 Å². The van der Waals surface area contributed by atoms with Crippen LogP contribution in [0.4, 0.5) is 4.79 Å². The third-order valence-corrected chi connectivity index (χ3v) is 3.97. The lowest BCUT2D eigenvalue weighted by Crippen LogP contribution is -2.50. The number of hydrogen-bond donors (Lipinski definition) is 3. The summed E-state index contributed by atoms with van der Waals surface area (Å²) >= 11 is 1.85. The first kappa shape index (κ1) is 16.9. The zero-order chi connectivity index (χ0) is 14.8. The molecule has 0 saturated carbocycles. The molecule has 0 unspecified atom stereocenters. The molecule has 1 rings (SSSR count). The second-order valence-electron chi connectivity index (χ2n) is 4.85. The summed E-state index contributed by atoms with van der Waals surface area (Å²) in [5.74, 6) is 2.02. The molecule has 0 spiro atoms. The van der Waals surface area contributed by atoms with Gasteiger partial charge < -0.3 is 21.3 Å². The summed E-state index contributed by atoms with van der Waals surface area (Å²) in [7, 11) is 0. The van der Waals surface area contributed by atoms with E-state index in [0.29, 0.717) is 6.04 Å². The molecule has 1 heterocycles. The summed E-state index contributed by atoms with van der Waals surface area (Å²) in [6.07, 6.45) is 5.04. The molecule has 0 atom stereocenters. The predicted octanol–water partition coefficient (Wildman–Crippen LogP) is 0.838. The van der Waals surface area contributed by atoms with E-state index in [0.717, 1.165) is 57.2 Å². The van der Waals surface area contributed by atoms with Crippen molar-refractivity contribution in [2.75, 3.05) is 38.2 Å². The zero-order valence-corrected chi connectivity index (χ0v) is 13.3. The number of nitrogens with two attached hydrogens (primary N) is 1. The number of amides is 2. The Bertz CT molecular complexity index is 316. The van der Waals surface area contributed by atoms with E-state index in [1.807, 2.05) is 11.8 Å². The minimum absolute atomic E-state index is 0.318. The van der Waals surface area contributed by atoms with Crippen LogP contribution in [0.2, 0.25) is 0 Å². The molecule has 20 heavy (non-hydrogen) atoms. The average molecular weight is 301 g/mol. The second-order valence-corrected chi connectivity index (χ2v) is 5.84. The molecule has 4 N–H and O–H groups in total. The maximum absolute atomic E-state index is 11.1. The molecule has 1 aliphatic heterocycles. The largest absolute Gasteiger partial charge is 0.357 e. The molecule has 0 aromatic carbocycles. The fourth-order valence-electron chi connectivity index (χ4n) is 2.16. The van der Waals surface area contributed by atoms with Gasteiger partial charge in [-0.25, -0.2) is 4.79 Å². The first-order valence-corrected chi connectivity index (χ1v) is 8.65. The minimum Gasteiger partial charge on any atom is -0.357 e. The molecule has 0 radical (unpaired) electrons. The Kier molecular flexibility index (Phi) is 8.25. The summed E-state index contributed by atoms with van der Waals surface area (Å²) in [5, 5.41) is 6.71. The maximum Gasteiger partial charge on any atom is 0.314 e. The van der Waals surface area contributed by atoms with E-state index in [2.05, 4.69) is 28.8 Å². The van der Waals surface area contributed by atoms with Crippen LogP contribution in [0.3, 0.4) is 0 Å². The zero-order valence-electron chi connectivity index (χ0n) is 12.5. The molecule has 7 heteroatoms. The number of hydrogen-bond acceptors (Lipinski definition) is 3. The van der Waals surface area contributed by atoms with E-state index >= 15 is 0 Å². The molecule has 116 valence electrons. The Morgan fingerprint density at radius 2 is 2.15 bits per heavy atom. The van der Waals surface area contributed by atoms with Gasteiger partial charge in [0.15, 0.2) is 5.96 Å². The van der Waals surface area contributed by atoms with Crippen LogP contribution in [0, 0.1) is 0 Å². The molecule has 1 aliphatic rings. The predicted molar refractivity (Wildman–Crippen MR) is 86.3 cm³/mol. The van der Waals surface area contributed by atoms with Gasteiger partial charge in [-0.1, -0.05) is 0 Å². The number of carbonyl (C=O) groups is 1. The van der Waals surface area contributed by atoms with Crippen LogP contribution in [0.25, 0.3) is 0 Å². The Labute approximate surface area is 125 Å². The first-order valence-electron chi connectivity index (χ1n) is 7.25. The highest BCUT2D eigenvalue weighted by Crippen LogP contribution is 2.09. The molecule has 0 aromatic heterocycles. The number of primary amides is 1. The number of likely N-dealkylation sites (tertiary alicyclic amines) is 1. The van der Waals surface area contributed by atoms with Gasteiger partial charge in [-0.2, -0.15) is 11.8 Å². The number of guanidine groups is 1. The quantitative estimate of drug-likeness (QED) is 0.386. The molecule has 1 saturated heterocycles. The fraction of sp³-hybridized carbons (Fsp3) is 0.846. The van der Waals surface area contributed by atoms with E-state index < -0.39 is 0 Å². The maximum atomic E-state index is 11.1. The van der Waals surface area contributed by atoms with Gasteiger partial charge in [0.1, 0.15) is 0 Å². The number of thioether (sulfide) groups is 1. The molecule has 0 aliphatic carbocycles. The molecular formula is C13H27N5OS. The lowest BCUT2D eigenvalue weighted by Gasteiger charge is -2.32. The fourth-order valence-corrected chi connectivity index (χ4v) is 2.58. The smallest absolute Gasteiger partial charge is 0.314 e. The van der Waals surface area contributed by atoms with Crippen LogP contribution in [0.15, 0.2) is 4.99 Å². The highest BCUT2D eigenvalue weighted by Gasteiger charge is 2.21. The van der Waals surface area contributed by atoms with E-state index in [-0.39, 0.29) is 6.03 Å². The Balaban J connectivity index is 2.36. The van der Waals surface area contributed by atoms with Crippen molar-refractivity contribution in [1.82, 2.24) is 15.5 Å². The topological polar surface area (TPSA) is 82.8 Å². The van der Waals surface area contributed by atoms with Crippen molar-refractivity contribution in [1.29, 1.82) is 0 Å². The third kappa shape index (κ3) is 6.36. The van der Waals surface area contributed by atoms with Crippen LogP contribution in [0.1, 0.15) is 26.2 Å². The summed E-state index contributed by atoms with van der Waals surface area (Å²) < 4.78 is 0. The Morgan fingerprint density at radius 3 is 2.70 bits per heavy atom. The monoisotopic (exact) mass is 301 g/mol. The lowest BCUT2D eigenvalue weighted by atomic mass is 10.1. The highest BCUT2D eigenvalue weighted by atomic mass is 32.2. The van der Waals surface area contributed by atoms with Crippen molar-refractivity contribution >= 4 is 23.8 Å². The minimum atomic E-state index is -0.318. The lowest BCUT2D eigenvalue weighted by molar-refractivity contribution is 0.188. The second kappa shape index (κ2) is 9.74. The van der Waals surface area contributed by atoms with Crippen molar-refractivity contribution in [3.8, 4) is 0 Å². The first-order chi connectivity index (χ1) is 9.67. The van der Waals surface area contributed by atoms with Gasteiger partial charge in [0.25, 0.3) is 0 Å². The summed E-state index contributed by atoms with van der Waals surface area (Å²) in [5.41, 5.74) is 5.28.